The van der Waals surface area contributed by atoms with Crippen molar-refractivity contribution < 1.29 is 4.79 Å². The number of H-pyrrole nitrogens is 2. The van der Waals surface area contributed by atoms with Crippen LogP contribution < -0.4 is 11.0 Å². The van der Waals surface area contributed by atoms with Crippen molar-refractivity contribution in [2.24, 2.45) is 0 Å². The van der Waals surface area contributed by atoms with E-state index in [9.17, 15) is 9.59 Å². The molecule has 4 rings (SSSR count). The lowest BCUT2D eigenvalue weighted by Gasteiger charge is -2.15. The van der Waals surface area contributed by atoms with Crippen molar-refractivity contribution in [3.05, 3.63) is 97.0 Å². The number of fused-ring (bicyclic) bond motifs is 1. The van der Waals surface area contributed by atoms with Gasteiger partial charge in [0.2, 0.25) is 5.91 Å². The number of halogens is 1. The molecule has 32 heavy (non-hydrogen) atoms. The van der Waals surface area contributed by atoms with Gasteiger partial charge in [0.05, 0.1) is 28.9 Å². The summed E-state index contributed by atoms with van der Waals surface area (Å²) >= 11 is 2.19. The molecule has 7 heteroatoms. The van der Waals surface area contributed by atoms with E-state index in [1.54, 1.807) is 18.2 Å². The molecule has 0 bridgehead atoms. The van der Waals surface area contributed by atoms with Crippen LogP contribution in [0.3, 0.4) is 0 Å². The number of carbonyl (C=O) groups excluding carboxylic acids is 1. The molecule has 1 heterocycles. The minimum Gasteiger partial charge on any atom is -0.325 e. The molecule has 0 unspecified atom stereocenters. The first-order valence-electron chi connectivity index (χ1n) is 10.3. The molecule has 0 spiro atoms. The lowest BCUT2D eigenvalue weighted by molar-refractivity contribution is -0.115. The van der Waals surface area contributed by atoms with Crippen molar-refractivity contribution in [3.8, 4) is 0 Å². The highest BCUT2D eigenvalue weighted by Crippen LogP contribution is 2.25. The molecule has 0 aliphatic heterocycles. The number of aromatic amines is 2. The van der Waals surface area contributed by atoms with E-state index in [0.717, 1.165) is 14.7 Å². The van der Waals surface area contributed by atoms with Crippen LogP contribution in [0, 0.1) is 8.98 Å². The van der Waals surface area contributed by atoms with Crippen LogP contribution in [0.4, 0.5) is 5.69 Å². The molecule has 4 N–H and O–H groups in total. The Balaban J connectivity index is 1.62. The Hall–Kier alpha value is -3.20. The predicted octanol–water partition coefficient (Wildman–Crippen LogP) is 5.18. The highest BCUT2D eigenvalue weighted by atomic mass is 127. The molecule has 1 aromatic heterocycles. The topological polar surface area (TPSA) is 102 Å². The molecular weight excluding hydrogens is 515 g/mol. The summed E-state index contributed by atoms with van der Waals surface area (Å²) in [6.07, 6.45) is 0.268. The van der Waals surface area contributed by atoms with Gasteiger partial charge in [0, 0.05) is 14.7 Å². The maximum absolute atomic E-state index is 12.9. The summed E-state index contributed by atoms with van der Waals surface area (Å²) in [5, 5.41) is 11.8. The summed E-state index contributed by atoms with van der Waals surface area (Å²) in [5.74, 6) is 0.203. The molecule has 6 nitrogen and oxygen atoms in total. The SMILES string of the molecule is CC(C)c1ccccc1CC(=O)Nc1ccc(I)cc1C(=N)c1ccc2[nH]c(=O)[nH]c2c1. The zero-order valence-corrected chi connectivity index (χ0v) is 19.9. The third-order valence-corrected chi connectivity index (χ3v) is 6.03. The van der Waals surface area contributed by atoms with Gasteiger partial charge in [0.25, 0.3) is 0 Å². The largest absolute Gasteiger partial charge is 0.325 e. The van der Waals surface area contributed by atoms with E-state index < -0.39 is 0 Å². The zero-order chi connectivity index (χ0) is 22.8. The number of aromatic nitrogens is 2. The summed E-state index contributed by atoms with van der Waals surface area (Å²) in [5.41, 5.74) is 5.33. The lowest BCUT2D eigenvalue weighted by atomic mass is 9.95. The van der Waals surface area contributed by atoms with Crippen LogP contribution in [0.25, 0.3) is 11.0 Å². The molecule has 0 saturated heterocycles. The number of nitrogens with one attached hydrogen (secondary N) is 4. The van der Waals surface area contributed by atoms with Gasteiger partial charge in [0.1, 0.15) is 0 Å². The number of carbonyl (C=O) groups is 1. The molecule has 0 atom stereocenters. The van der Waals surface area contributed by atoms with Gasteiger partial charge < -0.3 is 15.3 Å². The van der Waals surface area contributed by atoms with E-state index in [4.69, 9.17) is 5.41 Å². The van der Waals surface area contributed by atoms with Gasteiger partial charge >= 0.3 is 5.69 Å². The molecule has 1 amide bonds. The number of hydrogen-bond donors (Lipinski definition) is 4. The molecule has 0 saturated carbocycles. The molecule has 0 radical (unpaired) electrons. The number of imidazole rings is 1. The van der Waals surface area contributed by atoms with Crippen molar-refractivity contribution in [2.75, 3.05) is 5.32 Å². The summed E-state index contributed by atoms with van der Waals surface area (Å²) < 4.78 is 0.960. The van der Waals surface area contributed by atoms with Crippen LogP contribution >= 0.6 is 22.6 Å². The van der Waals surface area contributed by atoms with E-state index in [0.29, 0.717) is 33.8 Å². The van der Waals surface area contributed by atoms with Crippen molar-refractivity contribution >= 4 is 50.9 Å². The Labute approximate surface area is 199 Å². The fraction of sp³-hybridized carbons (Fsp3) is 0.160. The van der Waals surface area contributed by atoms with Crippen molar-refractivity contribution in [1.29, 1.82) is 5.41 Å². The summed E-state index contributed by atoms with van der Waals surface area (Å²) in [6.45, 7) is 4.23. The van der Waals surface area contributed by atoms with E-state index in [-0.39, 0.29) is 23.7 Å². The number of anilines is 1. The number of amides is 1. The average molecular weight is 538 g/mol. The smallest absolute Gasteiger partial charge is 0.323 e. The average Bonchev–Trinajstić information content (AvgIpc) is 3.13. The van der Waals surface area contributed by atoms with E-state index in [1.165, 1.54) is 0 Å². The van der Waals surface area contributed by atoms with E-state index in [2.05, 4.69) is 57.8 Å². The minimum absolute atomic E-state index is 0.126. The standard InChI is InChI=1S/C25H23IN4O2/c1-14(2)18-6-4-3-5-15(18)12-23(31)28-20-10-8-17(26)13-19(20)24(27)16-7-9-21-22(11-16)30-25(32)29-21/h3-11,13-14,27H,12H2,1-2H3,(H,28,31)(H2,29,30,32). The first kappa shape index (κ1) is 22.0. The maximum Gasteiger partial charge on any atom is 0.323 e. The normalized spacial score (nSPS) is 11.1. The Kier molecular flexibility index (Phi) is 6.27. The fourth-order valence-corrected chi connectivity index (χ4v) is 4.29. The summed E-state index contributed by atoms with van der Waals surface area (Å²) in [6, 6.07) is 18.9. The van der Waals surface area contributed by atoms with Crippen LogP contribution in [0.1, 0.15) is 42.0 Å². The summed E-state index contributed by atoms with van der Waals surface area (Å²) in [4.78, 5) is 29.9. The molecule has 0 fully saturated rings. The number of hydrogen-bond acceptors (Lipinski definition) is 3. The first-order valence-corrected chi connectivity index (χ1v) is 11.4. The van der Waals surface area contributed by atoms with Gasteiger partial charge in [-0.05, 0) is 70.0 Å². The van der Waals surface area contributed by atoms with Gasteiger partial charge in [-0.2, -0.15) is 0 Å². The van der Waals surface area contributed by atoms with Crippen molar-refractivity contribution in [3.63, 3.8) is 0 Å². The van der Waals surface area contributed by atoms with Gasteiger partial charge in [-0.3, -0.25) is 10.2 Å². The van der Waals surface area contributed by atoms with E-state index >= 15 is 0 Å². The molecular formula is C25H23IN4O2. The van der Waals surface area contributed by atoms with Crippen LogP contribution in [0.15, 0.2) is 65.5 Å². The van der Waals surface area contributed by atoms with Gasteiger partial charge in [-0.15, -0.1) is 0 Å². The second-order valence-electron chi connectivity index (χ2n) is 7.98. The van der Waals surface area contributed by atoms with Gasteiger partial charge in [-0.1, -0.05) is 44.2 Å². The van der Waals surface area contributed by atoms with Crippen LogP contribution in [-0.4, -0.2) is 21.6 Å². The predicted molar refractivity (Wildman–Crippen MR) is 137 cm³/mol. The highest BCUT2D eigenvalue weighted by molar-refractivity contribution is 14.1. The highest BCUT2D eigenvalue weighted by Gasteiger charge is 2.16. The minimum atomic E-state index is -0.285. The van der Waals surface area contributed by atoms with Crippen molar-refractivity contribution in [2.45, 2.75) is 26.2 Å². The third kappa shape index (κ3) is 4.67. The third-order valence-electron chi connectivity index (χ3n) is 5.36. The maximum atomic E-state index is 12.9. The lowest BCUT2D eigenvalue weighted by Crippen LogP contribution is -2.18. The summed E-state index contributed by atoms with van der Waals surface area (Å²) in [7, 11) is 0. The van der Waals surface area contributed by atoms with Crippen molar-refractivity contribution in [1.82, 2.24) is 9.97 Å². The molecule has 4 aromatic rings. The quantitative estimate of drug-likeness (QED) is 0.201. The number of benzene rings is 3. The van der Waals surface area contributed by atoms with E-state index in [1.807, 2.05) is 36.4 Å². The molecule has 3 aromatic carbocycles. The van der Waals surface area contributed by atoms with Crippen LogP contribution in [0.5, 0.6) is 0 Å². The molecule has 0 aliphatic carbocycles. The zero-order valence-electron chi connectivity index (χ0n) is 17.8. The van der Waals surface area contributed by atoms with Gasteiger partial charge in [-0.25, -0.2) is 4.79 Å². The number of rotatable bonds is 6. The fourth-order valence-electron chi connectivity index (χ4n) is 3.80. The molecule has 0 aliphatic rings. The second-order valence-corrected chi connectivity index (χ2v) is 9.23. The van der Waals surface area contributed by atoms with Crippen LogP contribution in [-0.2, 0) is 11.2 Å². The second kappa shape index (κ2) is 9.12. The Morgan fingerprint density at radius 2 is 1.78 bits per heavy atom. The Bertz CT molecular complexity index is 1380. The first-order chi connectivity index (χ1) is 15.3. The van der Waals surface area contributed by atoms with Crippen LogP contribution in [0.2, 0.25) is 0 Å². The van der Waals surface area contributed by atoms with Gasteiger partial charge in [0.15, 0.2) is 0 Å². The Morgan fingerprint density at radius 3 is 2.56 bits per heavy atom. The Morgan fingerprint density at radius 1 is 1.03 bits per heavy atom. The monoisotopic (exact) mass is 538 g/mol. The molecule has 162 valence electrons.